The van der Waals surface area contributed by atoms with Gasteiger partial charge in [-0.25, -0.2) is 9.78 Å². The van der Waals surface area contributed by atoms with Gasteiger partial charge >= 0.3 is 6.03 Å². The second-order valence-corrected chi connectivity index (χ2v) is 8.66. The molecule has 0 atom stereocenters. The summed E-state index contributed by atoms with van der Waals surface area (Å²) in [4.78, 5) is 24.7. The van der Waals surface area contributed by atoms with Crippen molar-refractivity contribution >= 4 is 22.8 Å². The van der Waals surface area contributed by atoms with Crippen LogP contribution in [0.1, 0.15) is 31.2 Å². The molecule has 150 valence electrons. The van der Waals surface area contributed by atoms with E-state index >= 15 is 0 Å². The fourth-order valence-electron chi connectivity index (χ4n) is 5.25. The molecule has 2 N–H and O–H groups in total. The highest BCUT2D eigenvalue weighted by Crippen LogP contribution is 2.46. The van der Waals surface area contributed by atoms with Crippen molar-refractivity contribution in [3.8, 4) is 0 Å². The first-order chi connectivity index (χ1) is 14.0. The molecule has 1 saturated carbocycles. The van der Waals surface area contributed by atoms with Crippen molar-refractivity contribution in [1.29, 1.82) is 0 Å². The lowest BCUT2D eigenvalue weighted by molar-refractivity contribution is 0.0658. The summed E-state index contributed by atoms with van der Waals surface area (Å²) in [6.45, 7) is 0.703. The van der Waals surface area contributed by atoms with Crippen molar-refractivity contribution in [2.24, 2.45) is 0 Å². The van der Waals surface area contributed by atoms with Crippen LogP contribution in [-0.2, 0) is 5.54 Å². The Bertz CT molecular complexity index is 1030. The summed E-state index contributed by atoms with van der Waals surface area (Å²) in [5.74, 6) is 0. The summed E-state index contributed by atoms with van der Waals surface area (Å²) >= 11 is 0. The minimum Gasteiger partial charge on any atom is -0.346 e. The number of nitrogens with zero attached hydrogens (tertiary/aromatic N) is 3. The van der Waals surface area contributed by atoms with E-state index in [1.807, 2.05) is 23.2 Å². The number of nitrogens with one attached hydrogen (secondary N) is 2. The molecule has 5 rings (SSSR count). The number of pyridine rings is 1. The number of aromatic nitrogens is 2. The number of rotatable bonds is 3. The second kappa shape index (κ2) is 6.59. The van der Waals surface area contributed by atoms with Crippen LogP contribution in [0.5, 0.6) is 0 Å². The fourth-order valence-corrected chi connectivity index (χ4v) is 5.25. The predicted octanol–water partition coefficient (Wildman–Crippen LogP) is 3.86. The lowest BCUT2D eigenvalue weighted by Crippen LogP contribution is -2.54. The first kappa shape index (κ1) is 18.2. The predicted molar refractivity (Wildman–Crippen MR) is 115 cm³/mol. The molecule has 1 spiro atoms. The fraction of sp³-hybridized carbons (Fsp3) is 0.391. The van der Waals surface area contributed by atoms with Gasteiger partial charge in [-0.2, -0.15) is 0 Å². The largest absolute Gasteiger partial charge is 0.346 e. The minimum absolute atomic E-state index is 0.00392. The van der Waals surface area contributed by atoms with E-state index in [4.69, 9.17) is 0 Å². The number of carbonyl (C=O) groups is 1. The van der Waals surface area contributed by atoms with E-state index < -0.39 is 0 Å². The zero-order valence-corrected chi connectivity index (χ0v) is 17.0. The van der Waals surface area contributed by atoms with Crippen molar-refractivity contribution in [2.75, 3.05) is 25.5 Å². The van der Waals surface area contributed by atoms with Gasteiger partial charge in [-0.3, -0.25) is 9.80 Å². The molecule has 0 radical (unpaired) electrons. The number of urea groups is 1. The molecule has 1 aliphatic heterocycles. The Balaban J connectivity index is 1.41. The number of carbonyl (C=O) groups excluding carboxylic acids is 1. The quantitative estimate of drug-likeness (QED) is 0.715. The zero-order valence-electron chi connectivity index (χ0n) is 17.0. The van der Waals surface area contributed by atoms with Crippen molar-refractivity contribution < 1.29 is 4.79 Å². The minimum atomic E-state index is -0.169. The third-order valence-electron chi connectivity index (χ3n) is 7.01. The van der Waals surface area contributed by atoms with E-state index in [2.05, 4.69) is 64.6 Å². The van der Waals surface area contributed by atoms with Crippen LogP contribution >= 0.6 is 0 Å². The van der Waals surface area contributed by atoms with Crippen molar-refractivity contribution in [3.63, 3.8) is 0 Å². The Kier molecular flexibility index (Phi) is 4.13. The summed E-state index contributed by atoms with van der Waals surface area (Å²) in [6, 6.07) is 14.7. The van der Waals surface area contributed by atoms with Gasteiger partial charge in [0, 0.05) is 23.3 Å². The van der Waals surface area contributed by atoms with Crippen molar-refractivity contribution in [1.82, 2.24) is 20.2 Å². The van der Waals surface area contributed by atoms with E-state index in [1.54, 1.807) is 6.20 Å². The lowest BCUT2D eigenvalue weighted by Gasteiger charge is -2.48. The molecule has 1 aromatic carbocycles. The SMILES string of the molecule is CN(C)[C@]1(c2ccccc2)CC[C@]2(CC1)CN(c1ccnc3[nH]ccc13)C(=O)N2. The Morgan fingerprint density at radius 1 is 1.03 bits per heavy atom. The van der Waals surface area contributed by atoms with Gasteiger partial charge in [-0.05, 0) is 57.5 Å². The van der Waals surface area contributed by atoms with Gasteiger partial charge in [0.15, 0.2) is 0 Å². The summed E-state index contributed by atoms with van der Waals surface area (Å²) in [5.41, 5.74) is 2.96. The van der Waals surface area contributed by atoms with Crippen LogP contribution in [0.3, 0.4) is 0 Å². The molecule has 0 bridgehead atoms. The molecule has 6 heteroatoms. The average Bonchev–Trinajstić information content (AvgIpc) is 3.34. The number of H-pyrrole nitrogens is 1. The van der Waals surface area contributed by atoms with Gasteiger partial charge in [0.05, 0.1) is 17.8 Å². The molecule has 1 saturated heterocycles. The van der Waals surface area contributed by atoms with Gasteiger partial charge < -0.3 is 10.3 Å². The number of hydrogen-bond donors (Lipinski definition) is 2. The number of anilines is 1. The molecule has 6 nitrogen and oxygen atoms in total. The monoisotopic (exact) mass is 389 g/mol. The number of amides is 2. The molecular formula is C23H27N5O. The highest BCUT2D eigenvalue weighted by molar-refractivity contribution is 6.03. The van der Waals surface area contributed by atoms with Crippen LogP contribution in [-0.4, -0.2) is 47.1 Å². The molecule has 2 fully saturated rings. The Hall–Kier alpha value is -2.86. The van der Waals surface area contributed by atoms with Crippen LogP contribution in [0.4, 0.5) is 10.5 Å². The van der Waals surface area contributed by atoms with E-state index in [1.165, 1.54) is 5.56 Å². The normalized spacial score (nSPS) is 27.1. The summed E-state index contributed by atoms with van der Waals surface area (Å²) < 4.78 is 0. The Morgan fingerprint density at radius 2 is 1.79 bits per heavy atom. The second-order valence-electron chi connectivity index (χ2n) is 8.66. The molecule has 2 amide bonds. The van der Waals surface area contributed by atoms with E-state index in [9.17, 15) is 4.79 Å². The maximum absolute atomic E-state index is 13.0. The van der Waals surface area contributed by atoms with Crippen LogP contribution in [0.25, 0.3) is 11.0 Å². The van der Waals surface area contributed by atoms with Crippen LogP contribution in [0.2, 0.25) is 0 Å². The van der Waals surface area contributed by atoms with Gasteiger partial charge in [-0.1, -0.05) is 30.3 Å². The maximum Gasteiger partial charge on any atom is 0.322 e. The average molecular weight is 390 g/mol. The molecule has 0 unspecified atom stereocenters. The number of hydrogen-bond acceptors (Lipinski definition) is 3. The van der Waals surface area contributed by atoms with Gasteiger partial charge in [0.1, 0.15) is 5.65 Å². The van der Waals surface area contributed by atoms with Gasteiger partial charge in [0.2, 0.25) is 0 Å². The summed E-state index contributed by atoms with van der Waals surface area (Å²) in [7, 11) is 4.34. The summed E-state index contributed by atoms with van der Waals surface area (Å²) in [5, 5.41) is 4.33. The standard InChI is InChI=1S/C23H27N5O/c1-27(2)23(17-6-4-3-5-7-17)12-10-22(11-13-23)16-28(21(29)26-22)19-9-15-25-20-18(19)8-14-24-20/h3-9,14-15H,10-13,16H2,1-2H3,(H,24,25)(H,26,29)/t22-,23+. The third kappa shape index (κ3) is 2.82. The highest BCUT2D eigenvalue weighted by atomic mass is 16.2. The Morgan fingerprint density at radius 3 is 2.52 bits per heavy atom. The van der Waals surface area contributed by atoms with E-state index in [0.29, 0.717) is 6.54 Å². The van der Waals surface area contributed by atoms with Crippen molar-refractivity contribution in [2.45, 2.75) is 36.8 Å². The topological polar surface area (TPSA) is 64.3 Å². The molecule has 3 heterocycles. The maximum atomic E-state index is 13.0. The number of aromatic amines is 1. The lowest BCUT2D eigenvalue weighted by atomic mass is 9.69. The van der Waals surface area contributed by atoms with Crippen LogP contribution < -0.4 is 10.2 Å². The number of benzene rings is 1. The first-order valence-corrected chi connectivity index (χ1v) is 10.3. The Labute approximate surface area is 170 Å². The molecule has 3 aromatic rings. The van der Waals surface area contributed by atoms with Gasteiger partial charge in [-0.15, -0.1) is 0 Å². The molecule has 29 heavy (non-hydrogen) atoms. The summed E-state index contributed by atoms with van der Waals surface area (Å²) in [6.07, 6.45) is 7.60. The van der Waals surface area contributed by atoms with Crippen LogP contribution in [0.15, 0.2) is 54.9 Å². The molecule has 2 aliphatic rings. The van der Waals surface area contributed by atoms with Crippen molar-refractivity contribution in [3.05, 3.63) is 60.4 Å². The zero-order chi connectivity index (χ0) is 20.1. The smallest absolute Gasteiger partial charge is 0.322 e. The molecule has 2 aromatic heterocycles. The molecule has 1 aliphatic carbocycles. The highest BCUT2D eigenvalue weighted by Gasteiger charge is 2.50. The van der Waals surface area contributed by atoms with E-state index in [-0.39, 0.29) is 17.1 Å². The third-order valence-corrected chi connectivity index (χ3v) is 7.01. The molecular weight excluding hydrogens is 362 g/mol. The first-order valence-electron chi connectivity index (χ1n) is 10.3. The van der Waals surface area contributed by atoms with E-state index in [0.717, 1.165) is 42.4 Å². The number of fused-ring (bicyclic) bond motifs is 1. The van der Waals surface area contributed by atoms with Crippen LogP contribution in [0, 0.1) is 0 Å². The van der Waals surface area contributed by atoms with Gasteiger partial charge in [0.25, 0.3) is 0 Å².